The van der Waals surface area contributed by atoms with E-state index < -0.39 is 5.97 Å². The van der Waals surface area contributed by atoms with Gasteiger partial charge in [-0.15, -0.1) is 0 Å². The Kier molecular flexibility index (Phi) is 21.7. The molecule has 0 unspecified atom stereocenters. The quantitative estimate of drug-likeness (QED) is 0.527. The van der Waals surface area contributed by atoms with E-state index in [4.69, 9.17) is 5.11 Å². The molecule has 0 saturated heterocycles. The van der Waals surface area contributed by atoms with Gasteiger partial charge in [0.05, 0.1) is 6.54 Å². The number of aliphatic carboxylic acids is 1. The van der Waals surface area contributed by atoms with Crippen LogP contribution >= 0.6 is 0 Å². The molecule has 3 nitrogen and oxygen atoms in total. The fourth-order valence-corrected chi connectivity index (χ4v) is 0. The third-order valence-corrected chi connectivity index (χ3v) is 0.175. The van der Waals surface area contributed by atoms with Crippen molar-refractivity contribution in [2.24, 2.45) is 5.73 Å². The Morgan fingerprint density at radius 2 is 1.86 bits per heavy atom. The number of hydrogen-bond acceptors (Lipinski definition) is 2. The molecule has 0 heterocycles. The first-order valence-electron chi connectivity index (χ1n) is 1.19. The summed E-state index contributed by atoms with van der Waals surface area (Å²) in [7, 11) is 0. The molecule has 48 valence electrons. The molecule has 0 spiro atoms. The molecule has 0 aliphatic carbocycles. The van der Waals surface area contributed by atoms with Crippen LogP contribution in [-0.2, 0) is 38.9 Å². The van der Waals surface area contributed by atoms with Gasteiger partial charge in [0.1, 0.15) is 0 Å². The Bertz CT molecular complexity index is 51.0. The second-order valence-corrected chi connectivity index (χ2v) is 0.598. The monoisotopic (exact) mass is 193 g/mol. The summed E-state index contributed by atoms with van der Waals surface area (Å²) in [4.78, 5) is 9.24. The van der Waals surface area contributed by atoms with Crippen LogP contribution in [0.5, 0.6) is 0 Å². The zero-order valence-corrected chi connectivity index (χ0v) is 5.44. The maximum absolute atomic E-state index is 9.24. The molecule has 0 aromatic rings. The number of carboxylic acid groups (broad SMARTS) is 1. The fourth-order valence-electron chi connectivity index (χ4n) is 0. The SMILES string of the molecule is NCC(=O)O.[Cu].[Mn]. The standard InChI is InChI=1S/C2H5NO2.Cu.Mn/c3-1-2(4)5;;/h1,3H2,(H,4,5);;. The molecule has 5 heteroatoms. The van der Waals surface area contributed by atoms with Gasteiger partial charge in [-0.3, -0.25) is 4.79 Å². The molecular formula is C2H5CuMnNO2. The van der Waals surface area contributed by atoms with E-state index in [0.717, 1.165) is 0 Å². The number of nitrogens with two attached hydrogens (primary N) is 1. The molecule has 0 rings (SSSR count). The minimum Gasteiger partial charge on any atom is -0.480 e. The van der Waals surface area contributed by atoms with Crippen molar-refractivity contribution < 1.29 is 44.0 Å². The van der Waals surface area contributed by atoms with Gasteiger partial charge >= 0.3 is 5.97 Å². The van der Waals surface area contributed by atoms with Gasteiger partial charge in [0.15, 0.2) is 0 Å². The van der Waals surface area contributed by atoms with Gasteiger partial charge in [0.2, 0.25) is 0 Å². The van der Waals surface area contributed by atoms with E-state index in [2.05, 4.69) is 5.73 Å². The van der Waals surface area contributed by atoms with Crippen molar-refractivity contribution in [1.29, 1.82) is 0 Å². The molecule has 0 aromatic heterocycles. The summed E-state index contributed by atoms with van der Waals surface area (Å²) in [6.45, 7) is -0.278. The van der Waals surface area contributed by atoms with Crippen LogP contribution in [0.15, 0.2) is 0 Å². The van der Waals surface area contributed by atoms with Gasteiger partial charge in [-0.1, -0.05) is 0 Å². The zero-order chi connectivity index (χ0) is 4.28. The predicted molar refractivity (Wildman–Crippen MR) is 16.7 cm³/mol. The topological polar surface area (TPSA) is 63.3 Å². The van der Waals surface area contributed by atoms with E-state index in [1.165, 1.54) is 0 Å². The van der Waals surface area contributed by atoms with E-state index in [9.17, 15) is 4.79 Å². The summed E-state index contributed by atoms with van der Waals surface area (Å²) in [5.74, 6) is -0.968. The first kappa shape index (κ1) is 15.7. The van der Waals surface area contributed by atoms with E-state index in [0.29, 0.717) is 0 Å². The third kappa shape index (κ3) is 21.2. The first-order chi connectivity index (χ1) is 2.27. The molecule has 0 aliphatic heterocycles. The second kappa shape index (κ2) is 9.69. The van der Waals surface area contributed by atoms with Crippen LogP contribution < -0.4 is 5.73 Å². The van der Waals surface area contributed by atoms with Gasteiger partial charge in [-0.2, -0.15) is 0 Å². The second-order valence-electron chi connectivity index (χ2n) is 0.598. The average molecular weight is 194 g/mol. The van der Waals surface area contributed by atoms with Gasteiger partial charge < -0.3 is 10.8 Å². The van der Waals surface area contributed by atoms with Gasteiger partial charge in [-0.05, 0) is 0 Å². The normalized spacial score (nSPS) is 5.29. The van der Waals surface area contributed by atoms with Crippen LogP contribution in [-0.4, -0.2) is 17.6 Å². The summed E-state index contributed by atoms with van der Waals surface area (Å²) in [5.41, 5.74) is 4.57. The molecule has 2 radical (unpaired) electrons. The molecule has 0 bridgehead atoms. The van der Waals surface area contributed by atoms with E-state index >= 15 is 0 Å². The largest absolute Gasteiger partial charge is 0.480 e. The molecule has 0 aromatic carbocycles. The van der Waals surface area contributed by atoms with Crippen LogP contribution in [0.3, 0.4) is 0 Å². The maximum atomic E-state index is 9.24. The van der Waals surface area contributed by atoms with Crippen molar-refractivity contribution in [2.45, 2.75) is 0 Å². The Balaban J connectivity index is -0.0000000800. The van der Waals surface area contributed by atoms with Crippen molar-refractivity contribution >= 4 is 5.97 Å². The molecule has 0 saturated carbocycles. The van der Waals surface area contributed by atoms with Crippen LogP contribution in [0.25, 0.3) is 0 Å². The smallest absolute Gasteiger partial charge is 0.317 e. The molecule has 7 heavy (non-hydrogen) atoms. The van der Waals surface area contributed by atoms with E-state index in [-0.39, 0.29) is 40.7 Å². The van der Waals surface area contributed by atoms with Crippen LogP contribution in [0.1, 0.15) is 0 Å². The minimum absolute atomic E-state index is 0. The maximum Gasteiger partial charge on any atom is 0.317 e. The Morgan fingerprint density at radius 1 is 1.71 bits per heavy atom. The zero-order valence-electron chi connectivity index (χ0n) is 3.32. The summed E-state index contributed by atoms with van der Waals surface area (Å²) >= 11 is 0. The Hall–Kier alpha value is 0.469. The van der Waals surface area contributed by atoms with Crippen LogP contribution in [0.4, 0.5) is 0 Å². The average Bonchev–Trinajstić information content (AvgIpc) is 1.38. The number of carbonyl (C=O) groups is 1. The number of hydrogen-bond donors (Lipinski definition) is 2. The van der Waals surface area contributed by atoms with Crippen LogP contribution in [0.2, 0.25) is 0 Å². The van der Waals surface area contributed by atoms with Crippen molar-refractivity contribution in [1.82, 2.24) is 0 Å². The first-order valence-corrected chi connectivity index (χ1v) is 1.19. The van der Waals surface area contributed by atoms with Crippen molar-refractivity contribution in [3.05, 3.63) is 0 Å². The summed E-state index contributed by atoms with van der Waals surface area (Å²) < 4.78 is 0. The summed E-state index contributed by atoms with van der Waals surface area (Å²) in [5, 5.41) is 7.60. The van der Waals surface area contributed by atoms with Gasteiger partial charge in [0, 0.05) is 34.1 Å². The van der Waals surface area contributed by atoms with Gasteiger partial charge in [-0.25, -0.2) is 0 Å². The fraction of sp³-hybridized carbons (Fsp3) is 0.500. The minimum atomic E-state index is -0.968. The molecule has 0 amide bonds. The third-order valence-electron chi connectivity index (χ3n) is 0.175. The van der Waals surface area contributed by atoms with E-state index in [1.54, 1.807) is 0 Å². The van der Waals surface area contributed by atoms with Crippen LogP contribution in [0, 0.1) is 0 Å². The molecule has 3 N–H and O–H groups in total. The molecule has 0 aliphatic rings. The number of rotatable bonds is 1. The van der Waals surface area contributed by atoms with Crippen molar-refractivity contribution in [3.63, 3.8) is 0 Å². The molecule has 0 atom stereocenters. The molecule has 0 fully saturated rings. The predicted octanol–water partition coefficient (Wildman–Crippen LogP) is -0.975. The number of carboxylic acids is 1. The Labute approximate surface area is 62.6 Å². The summed E-state index contributed by atoms with van der Waals surface area (Å²) in [6.07, 6.45) is 0. The Morgan fingerprint density at radius 3 is 1.86 bits per heavy atom. The van der Waals surface area contributed by atoms with Crippen molar-refractivity contribution in [2.75, 3.05) is 6.54 Å². The van der Waals surface area contributed by atoms with E-state index in [1.807, 2.05) is 0 Å². The van der Waals surface area contributed by atoms with Gasteiger partial charge in [0.25, 0.3) is 0 Å². The summed E-state index contributed by atoms with van der Waals surface area (Å²) in [6, 6.07) is 0. The van der Waals surface area contributed by atoms with Crippen molar-refractivity contribution in [3.8, 4) is 0 Å². The molecular weight excluding hydrogens is 189 g/mol.